The van der Waals surface area contributed by atoms with Gasteiger partial charge in [-0.15, -0.1) is 5.10 Å². The third-order valence-electron chi connectivity index (χ3n) is 3.80. The fraction of sp³-hybridized carbons (Fsp3) is 0.222. The second-order valence-electron chi connectivity index (χ2n) is 5.87. The normalized spacial score (nSPS) is 10.7. The largest absolute Gasteiger partial charge is 0.341 e. The van der Waals surface area contributed by atoms with Crippen molar-refractivity contribution >= 4 is 33.6 Å². The van der Waals surface area contributed by atoms with Crippen molar-refractivity contribution in [2.75, 3.05) is 12.8 Å². The molecule has 0 N–H and O–H groups in total. The highest BCUT2D eigenvalue weighted by Gasteiger charge is 2.14. The van der Waals surface area contributed by atoms with Gasteiger partial charge >= 0.3 is 0 Å². The second kappa shape index (κ2) is 8.46. The molecule has 0 atom stereocenters. The highest BCUT2D eigenvalue weighted by atomic mass is 79.9. The highest BCUT2D eigenvalue weighted by Crippen LogP contribution is 2.19. The molecule has 1 amide bonds. The molecule has 0 aliphatic heterocycles. The number of halogens is 1. The van der Waals surface area contributed by atoms with E-state index in [1.54, 1.807) is 16.6 Å². The van der Waals surface area contributed by atoms with Crippen LogP contribution >= 0.6 is 27.7 Å². The number of tetrazole rings is 1. The molecule has 0 saturated carbocycles. The molecular weight excluding hydrogens is 414 g/mol. The molecule has 26 heavy (non-hydrogen) atoms. The predicted octanol–water partition coefficient (Wildman–Crippen LogP) is 3.48. The molecule has 0 aliphatic carbocycles. The van der Waals surface area contributed by atoms with Crippen LogP contribution in [0.5, 0.6) is 0 Å². The van der Waals surface area contributed by atoms with Gasteiger partial charge in [-0.25, -0.2) is 0 Å². The van der Waals surface area contributed by atoms with Crippen molar-refractivity contribution in [3.8, 4) is 5.69 Å². The summed E-state index contributed by atoms with van der Waals surface area (Å²) in [6.45, 7) is 2.59. The van der Waals surface area contributed by atoms with E-state index in [-0.39, 0.29) is 11.7 Å². The van der Waals surface area contributed by atoms with Gasteiger partial charge in [0.1, 0.15) is 0 Å². The molecule has 0 radical (unpaired) electrons. The van der Waals surface area contributed by atoms with Crippen LogP contribution in [0.2, 0.25) is 0 Å². The van der Waals surface area contributed by atoms with Crippen LogP contribution in [-0.4, -0.2) is 43.8 Å². The quantitative estimate of drug-likeness (QED) is 0.558. The zero-order valence-electron chi connectivity index (χ0n) is 14.5. The number of carbonyl (C=O) groups is 1. The van der Waals surface area contributed by atoms with Gasteiger partial charge in [-0.3, -0.25) is 4.79 Å². The fourth-order valence-corrected chi connectivity index (χ4v) is 3.40. The standard InChI is InChI=1S/C18H18BrN5OS/c1-13-3-9-16(10-4-13)24-18(20-21-22-24)26-12-17(25)23(2)11-14-5-7-15(19)8-6-14/h3-10H,11-12H2,1-2H3. The van der Waals surface area contributed by atoms with Crippen LogP contribution in [0.1, 0.15) is 11.1 Å². The van der Waals surface area contributed by atoms with Gasteiger partial charge in [-0.2, -0.15) is 4.68 Å². The lowest BCUT2D eigenvalue weighted by Crippen LogP contribution is -2.27. The van der Waals surface area contributed by atoms with Crippen molar-refractivity contribution in [1.82, 2.24) is 25.1 Å². The minimum absolute atomic E-state index is 0.0244. The number of aromatic nitrogens is 4. The Kier molecular flexibility index (Phi) is 6.05. The van der Waals surface area contributed by atoms with Crippen LogP contribution in [-0.2, 0) is 11.3 Å². The van der Waals surface area contributed by atoms with E-state index in [1.165, 1.54) is 17.3 Å². The van der Waals surface area contributed by atoms with Gasteiger partial charge in [0.15, 0.2) is 0 Å². The summed E-state index contributed by atoms with van der Waals surface area (Å²) in [6, 6.07) is 15.9. The average Bonchev–Trinajstić information content (AvgIpc) is 3.10. The SMILES string of the molecule is Cc1ccc(-n2nnnc2SCC(=O)N(C)Cc2ccc(Br)cc2)cc1. The summed E-state index contributed by atoms with van der Waals surface area (Å²) in [5.41, 5.74) is 3.12. The van der Waals surface area contributed by atoms with E-state index in [4.69, 9.17) is 0 Å². The number of amides is 1. The first-order chi connectivity index (χ1) is 12.5. The second-order valence-corrected chi connectivity index (χ2v) is 7.73. The smallest absolute Gasteiger partial charge is 0.233 e. The van der Waals surface area contributed by atoms with E-state index in [2.05, 4.69) is 31.5 Å². The van der Waals surface area contributed by atoms with Crippen LogP contribution in [0.3, 0.4) is 0 Å². The Balaban J connectivity index is 1.60. The first-order valence-corrected chi connectivity index (χ1v) is 9.77. The van der Waals surface area contributed by atoms with Crippen molar-refractivity contribution in [2.24, 2.45) is 0 Å². The Morgan fingerprint density at radius 3 is 2.54 bits per heavy atom. The highest BCUT2D eigenvalue weighted by molar-refractivity contribution is 9.10. The summed E-state index contributed by atoms with van der Waals surface area (Å²) in [7, 11) is 1.80. The zero-order valence-corrected chi connectivity index (χ0v) is 16.9. The molecular formula is C18H18BrN5OS. The summed E-state index contributed by atoms with van der Waals surface area (Å²) < 4.78 is 2.67. The maximum Gasteiger partial charge on any atom is 0.233 e. The van der Waals surface area contributed by atoms with E-state index in [0.717, 1.165) is 15.7 Å². The Labute approximate surface area is 164 Å². The van der Waals surface area contributed by atoms with E-state index < -0.39 is 0 Å². The summed E-state index contributed by atoms with van der Waals surface area (Å²) in [5.74, 6) is 0.301. The monoisotopic (exact) mass is 431 g/mol. The summed E-state index contributed by atoms with van der Waals surface area (Å²) in [5, 5.41) is 12.4. The lowest BCUT2D eigenvalue weighted by molar-refractivity contribution is -0.127. The van der Waals surface area contributed by atoms with Crippen molar-refractivity contribution in [2.45, 2.75) is 18.6 Å². The minimum Gasteiger partial charge on any atom is -0.341 e. The van der Waals surface area contributed by atoms with Crippen molar-refractivity contribution < 1.29 is 4.79 Å². The van der Waals surface area contributed by atoms with Gasteiger partial charge in [-0.05, 0) is 47.2 Å². The van der Waals surface area contributed by atoms with Crippen LogP contribution in [0, 0.1) is 6.92 Å². The van der Waals surface area contributed by atoms with Gasteiger partial charge in [0, 0.05) is 18.1 Å². The molecule has 8 heteroatoms. The molecule has 1 heterocycles. The Hall–Kier alpha value is -2.19. The zero-order chi connectivity index (χ0) is 18.5. The van der Waals surface area contributed by atoms with Gasteiger partial charge in [-0.1, -0.05) is 57.5 Å². The number of hydrogen-bond acceptors (Lipinski definition) is 5. The lowest BCUT2D eigenvalue weighted by atomic mass is 10.2. The third-order valence-corrected chi connectivity index (χ3v) is 5.24. The number of hydrogen-bond donors (Lipinski definition) is 0. The molecule has 0 aliphatic rings. The van der Waals surface area contributed by atoms with E-state index in [1.807, 2.05) is 55.5 Å². The topological polar surface area (TPSA) is 63.9 Å². The first kappa shape index (κ1) is 18.6. The first-order valence-electron chi connectivity index (χ1n) is 7.99. The molecule has 0 saturated heterocycles. The van der Waals surface area contributed by atoms with Crippen molar-refractivity contribution in [3.63, 3.8) is 0 Å². The molecule has 6 nitrogen and oxygen atoms in total. The Morgan fingerprint density at radius 1 is 1.15 bits per heavy atom. The molecule has 0 bridgehead atoms. The van der Waals surface area contributed by atoms with Gasteiger partial charge in [0.2, 0.25) is 11.1 Å². The number of thioether (sulfide) groups is 1. The van der Waals surface area contributed by atoms with Crippen molar-refractivity contribution in [3.05, 3.63) is 64.1 Å². The van der Waals surface area contributed by atoms with Gasteiger partial charge in [0.05, 0.1) is 11.4 Å². The summed E-state index contributed by atoms with van der Waals surface area (Å²) in [6.07, 6.45) is 0. The van der Waals surface area contributed by atoms with E-state index >= 15 is 0 Å². The minimum atomic E-state index is 0.0244. The number of benzene rings is 2. The van der Waals surface area contributed by atoms with Crippen LogP contribution < -0.4 is 0 Å². The van der Waals surface area contributed by atoms with Crippen LogP contribution in [0.25, 0.3) is 5.69 Å². The number of rotatable bonds is 6. The molecule has 2 aromatic carbocycles. The number of aryl methyl sites for hydroxylation is 1. The predicted molar refractivity (Wildman–Crippen MR) is 105 cm³/mol. The Bertz CT molecular complexity index is 879. The van der Waals surface area contributed by atoms with Gasteiger partial charge < -0.3 is 4.90 Å². The molecule has 3 rings (SSSR count). The van der Waals surface area contributed by atoms with Crippen LogP contribution in [0.4, 0.5) is 0 Å². The molecule has 3 aromatic rings. The average molecular weight is 432 g/mol. The maximum absolute atomic E-state index is 12.4. The summed E-state index contributed by atoms with van der Waals surface area (Å²) >= 11 is 4.74. The molecule has 134 valence electrons. The fourth-order valence-electron chi connectivity index (χ4n) is 2.31. The third kappa shape index (κ3) is 4.70. The molecule has 1 aromatic heterocycles. The van der Waals surface area contributed by atoms with Gasteiger partial charge in [0.25, 0.3) is 0 Å². The van der Waals surface area contributed by atoms with E-state index in [0.29, 0.717) is 11.7 Å². The van der Waals surface area contributed by atoms with E-state index in [9.17, 15) is 4.79 Å². The Morgan fingerprint density at radius 2 is 1.85 bits per heavy atom. The van der Waals surface area contributed by atoms with Crippen LogP contribution in [0.15, 0.2) is 58.2 Å². The molecule has 0 unspecified atom stereocenters. The lowest BCUT2D eigenvalue weighted by Gasteiger charge is -2.17. The number of nitrogens with zero attached hydrogens (tertiary/aromatic N) is 5. The maximum atomic E-state index is 12.4. The van der Waals surface area contributed by atoms with Crippen molar-refractivity contribution in [1.29, 1.82) is 0 Å². The molecule has 0 spiro atoms. The molecule has 0 fully saturated rings. The number of carbonyl (C=O) groups excluding carboxylic acids is 1. The summed E-state index contributed by atoms with van der Waals surface area (Å²) in [4.78, 5) is 14.1.